The minimum Gasteiger partial charge on any atom is -0.422 e. The fourth-order valence-electron chi connectivity index (χ4n) is 2.52. The number of halogens is 2. The van der Waals surface area contributed by atoms with Gasteiger partial charge in [0.05, 0.1) is 5.02 Å². The summed E-state index contributed by atoms with van der Waals surface area (Å²) in [6.07, 6.45) is 0. The minimum atomic E-state index is -0.592. The minimum absolute atomic E-state index is 0.168. The number of nitrogens with one attached hydrogen (secondary N) is 1. The summed E-state index contributed by atoms with van der Waals surface area (Å²) in [5.74, 6) is 0.720. The van der Waals surface area contributed by atoms with Crippen LogP contribution in [0.2, 0.25) is 10.0 Å². The molecule has 4 aromatic rings. The number of hydrogen-bond donors (Lipinski definition) is 1. The molecule has 0 aliphatic carbocycles. The van der Waals surface area contributed by atoms with E-state index in [0.29, 0.717) is 33.4 Å². The Morgan fingerprint density at radius 3 is 2.62 bits per heavy atom. The van der Waals surface area contributed by atoms with Gasteiger partial charge in [0.1, 0.15) is 11.4 Å². The molecule has 4 rings (SSSR count). The smallest absolute Gasteiger partial charge is 0.361 e. The summed E-state index contributed by atoms with van der Waals surface area (Å²) in [6.45, 7) is 1.71. The van der Waals surface area contributed by atoms with Crippen LogP contribution in [0.1, 0.15) is 16.4 Å². The highest BCUT2D eigenvalue weighted by Crippen LogP contribution is 2.30. The Bertz CT molecular complexity index is 1120. The van der Waals surface area contributed by atoms with Crippen LogP contribution in [-0.4, -0.2) is 21.1 Å². The van der Waals surface area contributed by atoms with Crippen molar-refractivity contribution in [3.05, 3.63) is 64.1 Å². The van der Waals surface area contributed by atoms with Crippen molar-refractivity contribution in [2.45, 2.75) is 6.92 Å². The van der Waals surface area contributed by atoms with Gasteiger partial charge in [-0.25, -0.2) is 4.79 Å². The van der Waals surface area contributed by atoms with Gasteiger partial charge in [0.15, 0.2) is 0 Å². The number of aryl methyl sites for hydroxylation is 1. The second kappa shape index (κ2) is 6.48. The van der Waals surface area contributed by atoms with Crippen LogP contribution < -0.4 is 4.74 Å². The van der Waals surface area contributed by atoms with E-state index < -0.39 is 5.97 Å². The molecule has 2 aromatic carbocycles. The van der Waals surface area contributed by atoms with Gasteiger partial charge in [0.2, 0.25) is 11.7 Å². The predicted molar refractivity (Wildman–Crippen MR) is 97.7 cm³/mol. The second-order valence-electron chi connectivity index (χ2n) is 5.55. The van der Waals surface area contributed by atoms with Crippen molar-refractivity contribution in [1.82, 2.24) is 15.1 Å². The molecule has 0 saturated heterocycles. The van der Waals surface area contributed by atoms with Gasteiger partial charge in [-0.15, -0.1) is 0 Å². The lowest BCUT2D eigenvalue weighted by atomic mass is 10.2. The summed E-state index contributed by atoms with van der Waals surface area (Å²) < 4.78 is 10.3. The molecule has 2 heterocycles. The highest BCUT2D eigenvalue weighted by molar-refractivity contribution is 6.39. The molecule has 0 fully saturated rings. The number of hydrogen-bond acceptors (Lipinski definition) is 5. The number of esters is 1. The maximum absolute atomic E-state index is 12.4. The Morgan fingerprint density at radius 2 is 1.92 bits per heavy atom. The third kappa shape index (κ3) is 3.05. The Morgan fingerprint density at radius 1 is 1.15 bits per heavy atom. The first-order valence-corrected chi connectivity index (χ1v) is 8.36. The molecule has 6 nitrogen and oxygen atoms in total. The summed E-state index contributed by atoms with van der Waals surface area (Å²) in [5.41, 5.74) is 1.62. The van der Waals surface area contributed by atoms with E-state index in [9.17, 15) is 4.79 Å². The van der Waals surface area contributed by atoms with Gasteiger partial charge in [0, 0.05) is 28.4 Å². The molecule has 0 spiro atoms. The van der Waals surface area contributed by atoms with E-state index in [1.165, 1.54) is 0 Å². The standard InChI is InChI=1S/C18H11Cl2N3O3/c1-9-21-17(23-26-9)10-2-5-12(6-3-10)25-18(24)16-15(20)13-8-11(19)4-7-14(13)22-16/h2-8,22H,1H3. The van der Waals surface area contributed by atoms with Crippen LogP contribution in [0, 0.1) is 6.92 Å². The van der Waals surface area contributed by atoms with E-state index in [2.05, 4.69) is 15.1 Å². The van der Waals surface area contributed by atoms with Crippen molar-refractivity contribution in [3.8, 4) is 17.1 Å². The Labute approximate surface area is 157 Å². The SMILES string of the molecule is Cc1nc(-c2ccc(OC(=O)c3[nH]c4ccc(Cl)cc4c3Cl)cc2)no1. The zero-order chi connectivity index (χ0) is 18.3. The summed E-state index contributed by atoms with van der Waals surface area (Å²) >= 11 is 12.3. The van der Waals surface area contributed by atoms with E-state index in [1.807, 2.05) is 0 Å². The lowest BCUT2D eigenvalue weighted by molar-refractivity contribution is 0.0730. The average molecular weight is 388 g/mol. The van der Waals surface area contributed by atoms with Gasteiger partial charge >= 0.3 is 5.97 Å². The van der Waals surface area contributed by atoms with Crippen molar-refractivity contribution < 1.29 is 14.1 Å². The maximum Gasteiger partial charge on any atom is 0.361 e. The molecule has 1 N–H and O–H groups in total. The molecular weight excluding hydrogens is 377 g/mol. The Kier molecular flexibility index (Phi) is 4.14. The van der Waals surface area contributed by atoms with Gasteiger partial charge in [-0.1, -0.05) is 28.4 Å². The van der Waals surface area contributed by atoms with Crippen LogP contribution in [-0.2, 0) is 0 Å². The number of carbonyl (C=O) groups excluding carboxylic acids is 1. The van der Waals surface area contributed by atoms with Gasteiger partial charge in [-0.05, 0) is 42.5 Å². The summed E-state index contributed by atoms with van der Waals surface area (Å²) in [5, 5.41) is 5.30. The summed E-state index contributed by atoms with van der Waals surface area (Å²) in [7, 11) is 0. The van der Waals surface area contributed by atoms with Gasteiger partial charge in [-0.3, -0.25) is 0 Å². The van der Waals surface area contributed by atoms with Crippen LogP contribution in [0.4, 0.5) is 0 Å². The third-order valence-electron chi connectivity index (χ3n) is 3.75. The molecule has 0 radical (unpaired) electrons. The highest BCUT2D eigenvalue weighted by atomic mass is 35.5. The lowest BCUT2D eigenvalue weighted by Gasteiger charge is -2.04. The number of aromatic amines is 1. The summed E-state index contributed by atoms with van der Waals surface area (Å²) in [6, 6.07) is 11.9. The highest BCUT2D eigenvalue weighted by Gasteiger charge is 2.19. The van der Waals surface area contributed by atoms with E-state index in [-0.39, 0.29) is 10.7 Å². The number of H-pyrrole nitrogens is 1. The predicted octanol–water partition coefficient (Wildman–Crippen LogP) is 5.05. The summed E-state index contributed by atoms with van der Waals surface area (Å²) in [4.78, 5) is 19.5. The monoisotopic (exact) mass is 387 g/mol. The average Bonchev–Trinajstić information content (AvgIpc) is 3.20. The van der Waals surface area contributed by atoms with E-state index in [0.717, 1.165) is 5.56 Å². The number of fused-ring (bicyclic) bond motifs is 1. The molecule has 8 heteroatoms. The van der Waals surface area contributed by atoms with Crippen molar-refractivity contribution in [3.63, 3.8) is 0 Å². The second-order valence-corrected chi connectivity index (χ2v) is 6.37. The molecule has 0 saturated carbocycles. The number of ether oxygens (including phenoxy) is 1. The molecule has 0 amide bonds. The van der Waals surface area contributed by atoms with Crippen molar-refractivity contribution in [1.29, 1.82) is 0 Å². The molecule has 0 unspecified atom stereocenters. The Hall–Kier alpha value is -2.83. The maximum atomic E-state index is 12.4. The topological polar surface area (TPSA) is 81.0 Å². The molecule has 0 bridgehead atoms. The number of carbonyl (C=O) groups is 1. The normalized spacial score (nSPS) is 11.0. The largest absolute Gasteiger partial charge is 0.422 e. The molecule has 0 aliphatic rings. The third-order valence-corrected chi connectivity index (χ3v) is 4.38. The van der Waals surface area contributed by atoms with Crippen LogP contribution in [0.5, 0.6) is 5.75 Å². The van der Waals surface area contributed by atoms with Crippen molar-refractivity contribution in [2.24, 2.45) is 0 Å². The van der Waals surface area contributed by atoms with Crippen LogP contribution in [0.25, 0.3) is 22.3 Å². The number of aromatic nitrogens is 3. The molecule has 2 aromatic heterocycles. The van der Waals surface area contributed by atoms with Crippen molar-refractivity contribution >= 4 is 40.1 Å². The molecule has 26 heavy (non-hydrogen) atoms. The first kappa shape index (κ1) is 16.6. The number of nitrogens with zero attached hydrogens (tertiary/aromatic N) is 2. The fourth-order valence-corrected chi connectivity index (χ4v) is 2.97. The Balaban J connectivity index is 1.57. The molecule has 130 valence electrons. The zero-order valence-electron chi connectivity index (χ0n) is 13.4. The quantitative estimate of drug-likeness (QED) is 0.392. The van der Waals surface area contributed by atoms with Crippen LogP contribution >= 0.6 is 23.2 Å². The first-order valence-electron chi connectivity index (χ1n) is 7.61. The molecular formula is C18H11Cl2N3O3. The molecule has 0 atom stereocenters. The van der Waals surface area contributed by atoms with E-state index in [1.54, 1.807) is 49.4 Å². The fraction of sp³-hybridized carbons (Fsp3) is 0.0556. The number of benzene rings is 2. The van der Waals surface area contributed by atoms with E-state index in [4.69, 9.17) is 32.5 Å². The van der Waals surface area contributed by atoms with Crippen molar-refractivity contribution in [2.75, 3.05) is 0 Å². The number of rotatable bonds is 3. The van der Waals surface area contributed by atoms with Gasteiger partial charge in [0.25, 0.3) is 0 Å². The van der Waals surface area contributed by atoms with Crippen LogP contribution in [0.15, 0.2) is 47.0 Å². The van der Waals surface area contributed by atoms with Crippen LogP contribution in [0.3, 0.4) is 0 Å². The zero-order valence-corrected chi connectivity index (χ0v) is 14.9. The van der Waals surface area contributed by atoms with Gasteiger partial charge < -0.3 is 14.2 Å². The lowest BCUT2D eigenvalue weighted by Crippen LogP contribution is -2.09. The first-order chi connectivity index (χ1) is 12.5. The molecule has 0 aliphatic heterocycles. The van der Waals surface area contributed by atoms with E-state index >= 15 is 0 Å². The van der Waals surface area contributed by atoms with Gasteiger partial charge in [-0.2, -0.15) is 4.98 Å².